The zero-order valence-corrected chi connectivity index (χ0v) is 15.7. The van der Waals surface area contributed by atoms with E-state index in [9.17, 15) is 4.79 Å². The average molecular weight is 369 g/mol. The first-order valence-electron chi connectivity index (χ1n) is 9.54. The van der Waals surface area contributed by atoms with Crippen molar-refractivity contribution in [3.8, 4) is 0 Å². The summed E-state index contributed by atoms with van der Waals surface area (Å²) in [4.78, 5) is 24.0. The van der Waals surface area contributed by atoms with Crippen molar-refractivity contribution in [3.05, 3.63) is 46.5 Å². The van der Waals surface area contributed by atoms with Gasteiger partial charge in [-0.15, -0.1) is 0 Å². The van der Waals surface area contributed by atoms with Crippen molar-refractivity contribution in [1.82, 2.24) is 14.7 Å². The molecule has 0 N–H and O–H groups in total. The molecule has 0 bridgehead atoms. The molecule has 3 aliphatic heterocycles. The molecule has 1 aromatic rings. The number of nitrogens with zero attached hydrogens (tertiary/aromatic N) is 4. The van der Waals surface area contributed by atoms with Gasteiger partial charge in [0, 0.05) is 44.5 Å². The normalized spacial score (nSPS) is 23.1. The maximum Gasteiger partial charge on any atom is 0.228 e. The number of thioether (sulfide) groups is 1. The second-order valence-corrected chi connectivity index (χ2v) is 8.30. The first-order chi connectivity index (χ1) is 12.8. The van der Waals surface area contributed by atoms with E-state index in [2.05, 4.69) is 49.4 Å². The van der Waals surface area contributed by atoms with Gasteiger partial charge < -0.3 is 9.80 Å². The van der Waals surface area contributed by atoms with Gasteiger partial charge in [-0.25, -0.2) is 0 Å². The van der Waals surface area contributed by atoms with Crippen molar-refractivity contribution in [3.63, 3.8) is 0 Å². The summed E-state index contributed by atoms with van der Waals surface area (Å²) in [5.74, 6) is 0.263. The Balaban J connectivity index is 1.14. The number of fused-ring (bicyclic) bond motifs is 2. The third kappa shape index (κ3) is 2.95. The minimum atomic E-state index is 0.263. The molecule has 3 heterocycles. The second-order valence-electron chi connectivity index (χ2n) is 7.47. The van der Waals surface area contributed by atoms with E-state index in [0.717, 1.165) is 63.0 Å². The predicted molar refractivity (Wildman–Crippen MR) is 105 cm³/mol. The summed E-state index contributed by atoms with van der Waals surface area (Å²) in [6.07, 6.45) is 2.83. The molecule has 4 aliphatic rings. The molecule has 6 heteroatoms. The van der Waals surface area contributed by atoms with Gasteiger partial charge in [-0.1, -0.05) is 36.0 Å². The fraction of sp³-hybridized carbons (Fsp3) is 0.500. The van der Waals surface area contributed by atoms with Crippen LogP contribution in [0.2, 0.25) is 0 Å². The van der Waals surface area contributed by atoms with Crippen LogP contribution in [0.15, 0.2) is 40.4 Å². The summed E-state index contributed by atoms with van der Waals surface area (Å²) in [5, 5.41) is 3.17. The van der Waals surface area contributed by atoms with Crippen LogP contribution in [0.1, 0.15) is 17.5 Å². The van der Waals surface area contributed by atoms with Gasteiger partial charge >= 0.3 is 0 Å². The Hall–Kier alpha value is -1.79. The van der Waals surface area contributed by atoms with Crippen LogP contribution in [0.4, 0.5) is 0 Å². The molecule has 1 amide bonds. The van der Waals surface area contributed by atoms with Crippen LogP contribution in [0, 0.1) is 0 Å². The quantitative estimate of drug-likeness (QED) is 0.818. The van der Waals surface area contributed by atoms with E-state index in [-0.39, 0.29) is 5.91 Å². The predicted octanol–water partition coefficient (Wildman–Crippen LogP) is 1.95. The second kappa shape index (κ2) is 6.74. The number of hydrogen-bond donors (Lipinski definition) is 0. The first-order valence-corrected chi connectivity index (χ1v) is 10.4. The Kier molecular flexibility index (Phi) is 4.25. The third-order valence-corrected chi connectivity index (χ3v) is 6.94. The lowest BCUT2D eigenvalue weighted by atomic mass is 10.1. The summed E-state index contributed by atoms with van der Waals surface area (Å²) in [6, 6.07) is 9.42. The van der Waals surface area contributed by atoms with Crippen LogP contribution < -0.4 is 0 Å². The molecule has 136 valence electrons. The minimum absolute atomic E-state index is 0.263. The number of hydrogen-bond acceptors (Lipinski definition) is 5. The lowest BCUT2D eigenvalue weighted by molar-refractivity contribution is -0.132. The zero-order chi connectivity index (χ0) is 17.5. The van der Waals surface area contributed by atoms with E-state index in [4.69, 9.17) is 0 Å². The Morgan fingerprint density at radius 1 is 1.08 bits per heavy atom. The molecule has 1 fully saturated rings. The molecule has 0 spiro atoms. The molecule has 26 heavy (non-hydrogen) atoms. The molecule has 0 saturated carbocycles. The maximum absolute atomic E-state index is 12.7. The van der Waals surface area contributed by atoms with Gasteiger partial charge in [-0.05, 0) is 29.4 Å². The van der Waals surface area contributed by atoms with Gasteiger partial charge in [0.1, 0.15) is 0 Å². The summed E-state index contributed by atoms with van der Waals surface area (Å²) in [7, 11) is 0. The van der Waals surface area contributed by atoms with Gasteiger partial charge in [0.05, 0.1) is 13.0 Å². The molecule has 0 unspecified atom stereocenters. The molecule has 5 nitrogen and oxygen atoms in total. The molecule has 0 radical (unpaired) electrons. The van der Waals surface area contributed by atoms with Crippen molar-refractivity contribution in [2.24, 2.45) is 4.99 Å². The van der Waals surface area contributed by atoms with E-state index in [1.807, 2.05) is 0 Å². The lowest BCUT2D eigenvalue weighted by Gasteiger charge is -2.38. The zero-order valence-electron chi connectivity index (χ0n) is 14.9. The lowest BCUT2D eigenvalue weighted by Crippen LogP contribution is -2.52. The Morgan fingerprint density at radius 2 is 1.81 bits per heavy atom. The average Bonchev–Trinajstić information content (AvgIpc) is 3.38. The molecule has 1 saturated heterocycles. The van der Waals surface area contributed by atoms with Crippen molar-refractivity contribution < 1.29 is 4.79 Å². The van der Waals surface area contributed by atoms with Gasteiger partial charge in [0.15, 0.2) is 5.17 Å². The highest BCUT2D eigenvalue weighted by molar-refractivity contribution is 8.16. The van der Waals surface area contributed by atoms with E-state index in [0.29, 0.717) is 12.5 Å². The minimum Gasteiger partial charge on any atom is -0.340 e. The summed E-state index contributed by atoms with van der Waals surface area (Å²) >= 11 is 1.66. The highest BCUT2D eigenvalue weighted by Gasteiger charge is 2.32. The molecular weight excluding hydrogens is 344 g/mol. The number of amidine groups is 1. The van der Waals surface area contributed by atoms with Gasteiger partial charge in [-0.3, -0.25) is 14.7 Å². The van der Waals surface area contributed by atoms with Crippen LogP contribution in [-0.4, -0.2) is 71.1 Å². The van der Waals surface area contributed by atoms with Crippen molar-refractivity contribution in [2.75, 3.05) is 39.3 Å². The summed E-state index contributed by atoms with van der Waals surface area (Å²) < 4.78 is 0. The largest absolute Gasteiger partial charge is 0.340 e. The number of amides is 1. The molecule has 1 aromatic carbocycles. The van der Waals surface area contributed by atoms with E-state index < -0.39 is 0 Å². The number of benzene rings is 1. The van der Waals surface area contributed by atoms with Crippen LogP contribution in [0.5, 0.6) is 0 Å². The fourth-order valence-electron chi connectivity index (χ4n) is 4.51. The Labute approximate surface area is 158 Å². The summed E-state index contributed by atoms with van der Waals surface area (Å²) in [6.45, 7) is 5.48. The highest BCUT2D eigenvalue weighted by atomic mass is 32.2. The molecule has 0 aromatic heterocycles. The van der Waals surface area contributed by atoms with Crippen LogP contribution in [0.3, 0.4) is 0 Å². The number of piperazine rings is 1. The molecule has 0 atom stereocenters. The van der Waals surface area contributed by atoms with Crippen molar-refractivity contribution >= 4 is 22.8 Å². The van der Waals surface area contributed by atoms with Crippen molar-refractivity contribution in [2.45, 2.75) is 25.3 Å². The summed E-state index contributed by atoms with van der Waals surface area (Å²) in [5.41, 5.74) is 4.14. The third-order valence-electron chi connectivity index (χ3n) is 5.99. The number of aliphatic imine (C=N–C) groups is 1. The van der Waals surface area contributed by atoms with E-state index in [1.165, 1.54) is 11.1 Å². The Morgan fingerprint density at radius 3 is 2.54 bits per heavy atom. The van der Waals surface area contributed by atoms with Crippen LogP contribution in [0.25, 0.3) is 0 Å². The van der Waals surface area contributed by atoms with Crippen LogP contribution in [-0.2, 0) is 17.6 Å². The molecule has 5 rings (SSSR count). The Bertz CT molecular complexity index is 757. The number of rotatable bonds is 3. The number of carbonyl (C=O) groups is 1. The van der Waals surface area contributed by atoms with E-state index in [1.54, 1.807) is 11.8 Å². The smallest absolute Gasteiger partial charge is 0.228 e. The first kappa shape index (κ1) is 16.4. The van der Waals surface area contributed by atoms with Gasteiger partial charge in [0.2, 0.25) is 5.91 Å². The van der Waals surface area contributed by atoms with Crippen molar-refractivity contribution in [1.29, 1.82) is 0 Å². The molecular formula is C20H24N4OS. The highest BCUT2D eigenvalue weighted by Crippen LogP contribution is 2.31. The van der Waals surface area contributed by atoms with E-state index >= 15 is 0 Å². The number of carbonyl (C=O) groups excluding carboxylic acids is 1. The monoisotopic (exact) mass is 368 g/mol. The molecule has 1 aliphatic carbocycles. The maximum atomic E-state index is 12.7. The van der Waals surface area contributed by atoms with Crippen LogP contribution >= 0.6 is 11.8 Å². The topological polar surface area (TPSA) is 39.2 Å². The SMILES string of the molecule is O=C(CC1=CSC2=NCCN12)N1CCN(C2Cc3ccccc3C2)CC1. The van der Waals surface area contributed by atoms with Gasteiger partial charge in [0.25, 0.3) is 0 Å². The standard InChI is InChI=1S/C20H24N4OS/c25-19(13-18-14-26-20-21-5-6-24(18)20)23-9-7-22(8-10-23)17-11-15-3-1-2-4-16(15)12-17/h1-4,14,17H,5-13H2. The van der Waals surface area contributed by atoms with Gasteiger partial charge in [-0.2, -0.15) is 0 Å². The fourth-order valence-corrected chi connectivity index (χ4v) is 5.47.